The molecule has 0 bridgehead atoms. The lowest BCUT2D eigenvalue weighted by molar-refractivity contribution is 0.0502. The zero-order valence-electron chi connectivity index (χ0n) is 15.3. The van der Waals surface area contributed by atoms with Gasteiger partial charge in [0.05, 0.1) is 0 Å². The summed E-state index contributed by atoms with van der Waals surface area (Å²) in [5, 5.41) is 2.78. The fourth-order valence-electron chi connectivity index (χ4n) is 2.85. The van der Waals surface area contributed by atoms with Crippen molar-refractivity contribution in [2.24, 2.45) is 5.92 Å². The summed E-state index contributed by atoms with van der Waals surface area (Å²) in [7, 11) is 0. The van der Waals surface area contributed by atoms with Crippen molar-refractivity contribution in [1.82, 2.24) is 15.2 Å². The summed E-state index contributed by atoms with van der Waals surface area (Å²) in [4.78, 5) is 40.3. The van der Waals surface area contributed by atoms with Gasteiger partial charge < -0.3 is 19.9 Å². The van der Waals surface area contributed by atoms with E-state index in [0.29, 0.717) is 30.9 Å². The van der Waals surface area contributed by atoms with Crippen LogP contribution in [0.1, 0.15) is 61.4 Å². The van der Waals surface area contributed by atoms with Crippen molar-refractivity contribution in [2.75, 3.05) is 19.6 Å². The van der Waals surface area contributed by atoms with Crippen LogP contribution in [-0.2, 0) is 4.74 Å². The van der Waals surface area contributed by atoms with Gasteiger partial charge in [-0.1, -0.05) is 0 Å². The SMILES string of the molecule is CC(=O)c1c[nH]c(C(=O)N2CCC[C@@H](CNC(=O)OC(C)(C)C)C2)c1. The molecular weight excluding hydrogens is 322 g/mol. The fourth-order valence-corrected chi connectivity index (χ4v) is 2.85. The van der Waals surface area contributed by atoms with Crippen molar-refractivity contribution in [3.8, 4) is 0 Å². The Labute approximate surface area is 148 Å². The number of alkyl carbamates (subject to hydrolysis) is 1. The topological polar surface area (TPSA) is 91.5 Å². The average molecular weight is 349 g/mol. The van der Waals surface area contributed by atoms with Gasteiger partial charge in [-0.05, 0) is 52.5 Å². The number of rotatable bonds is 4. The molecule has 0 unspecified atom stereocenters. The number of aromatic nitrogens is 1. The van der Waals surface area contributed by atoms with Crippen molar-refractivity contribution in [3.05, 3.63) is 23.5 Å². The van der Waals surface area contributed by atoms with Crippen LogP contribution in [0.4, 0.5) is 4.79 Å². The molecule has 1 aliphatic heterocycles. The molecule has 2 amide bonds. The van der Waals surface area contributed by atoms with Crippen LogP contribution in [0.2, 0.25) is 0 Å². The average Bonchev–Trinajstić information content (AvgIpc) is 3.01. The van der Waals surface area contributed by atoms with Gasteiger partial charge in [0.25, 0.3) is 5.91 Å². The zero-order valence-corrected chi connectivity index (χ0v) is 15.3. The minimum Gasteiger partial charge on any atom is -0.444 e. The molecule has 1 fully saturated rings. The van der Waals surface area contributed by atoms with Crippen LogP contribution in [0.15, 0.2) is 12.3 Å². The number of hydrogen-bond acceptors (Lipinski definition) is 4. The number of amides is 2. The number of ether oxygens (including phenoxy) is 1. The number of H-pyrrole nitrogens is 1. The number of aromatic amines is 1. The van der Waals surface area contributed by atoms with E-state index >= 15 is 0 Å². The molecule has 2 heterocycles. The van der Waals surface area contributed by atoms with Crippen LogP contribution in [0.25, 0.3) is 0 Å². The third-order valence-corrected chi connectivity index (χ3v) is 4.06. The van der Waals surface area contributed by atoms with Gasteiger partial charge in [0.1, 0.15) is 11.3 Å². The maximum Gasteiger partial charge on any atom is 0.407 e. The summed E-state index contributed by atoms with van der Waals surface area (Å²) >= 11 is 0. The minimum absolute atomic E-state index is 0.0756. The smallest absolute Gasteiger partial charge is 0.407 e. The van der Waals surface area contributed by atoms with Gasteiger partial charge in [0.2, 0.25) is 0 Å². The molecule has 1 saturated heterocycles. The standard InChI is InChI=1S/C18H27N3O4/c1-12(22)14-8-15(19-10-14)16(23)21-7-5-6-13(11-21)9-20-17(24)25-18(2,3)4/h8,10,13,19H,5-7,9,11H2,1-4H3,(H,20,24)/t13-/m0/s1. The largest absolute Gasteiger partial charge is 0.444 e. The van der Waals surface area contributed by atoms with E-state index in [4.69, 9.17) is 4.74 Å². The van der Waals surface area contributed by atoms with E-state index in [1.807, 2.05) is 20.8 Å². The number of carbonyl (C=O) groups is 3. The maximum atomic E-state index is 12.6. The summed E-state index contributed by atoms with van der Waals surface area (Å²) in [6.07, 6.45) is 2.95. The Morgan fingerprint density at radius 3 is 2.68 bits per heavy atom. The molecular formula is C18H27N3O4. The van der Waals surface area contributed by atoms with Crippen molar-refractivity contribution in [1.29, 1.82) is 0 Å². The van der Waals surface area contributed by atoms with Gasteiger partial charge in [-0.25, -0.2) is 4.79 Å². The molecule has 1 aromatic rings. The number of Topliss-reactive ketones (excluding diaryl/α,β-unsaturated/α-hetero) is 1. The monoisotopic (exact) mass is 349 g/mol. The molecule has 1 atom stereocenters. The Hall–Kier alpha value is -2.31. The first kappa shape index (κ1) is 19.0. The third kappa shape index (κ3) is 5.62. The Morgan fingerprint density at radius 2 is 2.08 bits per heavy atom. The van der Waals surface area contributed by atoms with Gasteiger partial charge in [-0.3, -0.25) is 9.59 Å². The molecule has 25 heavy (non-hydrogen) atoms. The van der Waals surface area contributed by atoms with E-state index in [1.165, 1.54) is 6.92 Å². The van der Waals surface area contributed by atoms with Crippen molar-refractivity contribution >= 4 is 17.8 Å². The van der Waals surface area contributed by atoms with Crippen molar-refractivity contribution in [3.63, 3.8) is 0 Å². The van der Waals surface area contributed by atoms with Gasteiger partial charge in [0, 0.05) is 31.4 Å². The summed E-state index contributed by atoms with van der Waals surface area (Å²) in [6.45, 7) is 8.65. The molecule has 1 aliphatic rings. The number of piperidine rings is 1. The van der Waals surface area contributed by atoms with Crippen LogP contribution < -0.4 is 5.32 Å². The molecule has 0 spiro atoms. The molecule has 1 aromatic heterocycles. The lowest BCUT2D eigenvalue weighted by Crippen LogP contribution is -2.44. The number of carbonyl (C=O) groups excluding carboxylic acids is 3. The maximum absolute atomic E-state index is 12.6. The summed E-state index contributed by atoms with van der Waals surface area (Å²) in [5.41, 5.74) is 0.398. The normalized spacial score (nSPS) is 17.9. The van der Waals surface area contributed by atoms with Crippen molar-refractivity contribution in [2.45, 2.75) is 46.1 Å². The summed E-state index contributed by atoms with van der Waals surface area (Å²) in [6, 6.07) is 1.59. The quantitative estimate of drug-likeness (QED) is 0.817. The number of nitrogens with one attached hydrogen (secondary N) is 2. The first-order chi connectivity index (χ1) is 11.7. The molecule has 0 aliphatic carbocycles. The molecule has 2 N–H and O–H groups in total. The highest BCUT2D eigenvalue weighted by atomic mass is 16.6. The molecule has 7 nitrogen and oxygen atoms in total. The zero-order chi connectivity index (χ0) is 18.6. The van der Waals surface area contributed by atoms with Crippen LogP contribution in [0.5, 0.6) is 0 Å². The second-order valence-electron chi connectivity index (χ2n) is 7.50. The lowest BCUT2D eigenvalue weighted by atomic mass is 9.97. The molecule has 0 radical (unpaired) electrons. The van der Waals surface area contributed by atoms with E-state index in [2.05, 4.69) is 10.3 Å². The Balaban J connectivity index is 1.88. The minimum atomic E-state index is -0.527. The predicted octanol–water partition coefficient (Wildman–Crippen LogP) is 2.59. The molecule has 0 aromatic carbocycles. The Morgan fingerprint density at radius 1 is 1.36 bits per heavy atom. The number of ketones is 1. The van der Waals surface area contributed by atoms with Crippen molar-refractivity contribution < 1.29 is 19.1 Å². The number of nitrogens with zero attached hydrogens (tertiary/aromatic N) is 1. The van der Waals surface area contributed by atoms with Gasteiger partial charge >= 0.3 is 6.09 Å². The van der Waals surface area contributed by atoms with Crippen LogP contribution >= 0.6 is 0 Å². The molecule has 138 valence electrons. The van der Waals surface area contributed by atoms with Crippen LogP contribution in [0.3, 0.4) is 0 Å². The Kier molecular flexibility index (Phi) is 5.87. The van der Waals surface area contributed by atoms with Gasteiger partial charge in [-0.2, -0.15) is 0 Å². The number of hydrogen-bond donors (Lipinski definition) is 2. The third-order valence-electron chi connectivity index (χ3n) is 4.06. The second-order valence-corrected chi connectivity index (χ2v) is 7.50. The highest BCUT2D eigenvalue weighted by molar-refractivity contribution is 5.99. The highest BCUT2D eigenvalue weighted by Crippen LogP contribution is 2.18. The molecule has 2 rings (SSSR count). The van der Waals surface area contributed by atoms with E-state index in [-0.39, 0.29) is 17.6 Å². The van der Waals surface area contributed by atoms with E-state index in [0.717, 1.165) is 12.8 Å². The van der Waals surface area contributed by atoms with Crippen LogP contribution in [0, 0.1) is 5.92 Å². The van der Waals surface area contributed by atoms with Gasteiger partial charge in [-0.15, -0.1) is 0 Å². The summed E-state index contributed by atoms with van der Waals surface area (Å²) in [5.74, 6) is -0.00434. The fraction of sp³-hybridized carbons (Fsp3) is 0.611. The Bertz CT molecular complexity index is 645. The van der Waals surface area contributed by atoms with E-state index in [9.17, 15) is 14.4 Å². The molecule has 0 saturated carbocycles. The first-order valence-corrected chi connectivity index (χ1v) is 8.61. The predicted molar refractivity (Wildman–Crippen MR) is 93.7 cm³/mol. The summed E-state index contributed by atoms with van der Waals surface area (Å²) < 4.78 is 5.23. The second kappa shape index (κ2) is 7.72. The van der Waals surface area contributed by atoms with E-state index < -0.39 is 11.7 Å². The van der Waals surface area contributed by atoms with Crippen LogP contribution in [-0.4, -0.2) is 52.9 Å². The number of likely N-dealkylation sites (tertiary alicyclic amines) is 1. The molecule has 7 heteroatoms. The van der Waals surface area contributed by atoms with Gasteiger partial charge in [0.15, 0.2) is 5.78 Å². The van der Waals surface area contributed by atoms with E-state index in [1.54, 1.807) is 17.2 Å². The highest BCUT2D eigenvalue weighted by Gasteiger charge is 2.26. The first-order valence-electron chi connectivity index (χ1n) is 8.61. The lowest BCUT2D eigenvalue weighted by Gasteiger charge is -2.32.